The summed E-state index contributed by atoms with van der Waals surface area (Å²) in [6.07, 6.45) is -12.7. The molecule has 2 rings (SSSR count). The molecule has 0 aliphatic heterocycles. The Balaban J connectivity index is 2.88. The van der Waals surface area contributed by atoms with Crippen LogP contribution in [-0.4, -0.2) is 24.7 Å². The summed E-state index contributed by atoms with van der Waals surface area (Å²) in [5.41, 5.74) is -6.29. The zero-order valence-electron chi connectivity index (χ0n) is 19.7. The smallest absolute Gasteiger partial charge is 0.315 e. The maximum atomic E-state index is 14.9. The highest BCUT2D eigenvalue weighted by molar-refractivity contribution is 6.35. The lowest BCUT2D eigenvalue weighted by atomic mass is 9.74. The summed E-state index contributed by atoms with van der Waals surface area (Å²) in [7, 11) is 0. The van der Waals surface area contributed by atoms with Crippen LogP contribution in [-0.2, 0) is 4.74 Å². The quantitative estimate of drug-likeness (QED) is 0.240. The molecule has 2 aromatic carbocycles. The van der Waals surface area contributed by atoms with E-state index in [1.807, 2.05) is 0 Å². The summed E-state index contributed by atoms with van der Waals surface area (Å²) in [6, 6.07) is 6.79. The molecule has 0 bridgehead atoms. The number of hydrogen-bond donors (Lipinski definition) is 0. The molecule has 37 heavy (non-hydrogen) atoms. The Labute approximate surface area is 229 Å². The molecular formula is C24H22Cl4F8O. The largest absolute Gasteiger partial charge is 0.364 e. The van der Waals surface area contributed by atoms with Crippen LogP contribution in [0.15, 0.2) is 36.4 Å². The summed E-state index contributed by atoms with van der Waals surface area (Å²) in [4.78, 5) is 0. The number of rotatable bonds is 10. The summed E-state index contributed by atoms with van der Waals surface area (Å²) in [6.45, 7) is 2.86. The van der Waals surface area contributed by atoms with E-state index in [0.29, 0.717) is 27.7 Å². The SMILES string of the molecule is CC(C)(C(OC(c1ccc(Cl)cc1Cl)C(C)(C)C(F)(F)C(F)F)c1ccc(Cl)cc1Cl)C(F)(F)C(F)F. The number of ether oxygens (including phenoxy) is 1. The van der Waals surface area contributed by atoms with Gasteiger partial charge in [0.25, 0.3) is 0 Å². The van der Waals surface area contributed by atoms with E-state index >= 15 is 0 Å². The van der Waals surface area contributed by atoms with E-state index < -0.39 is 47.7 Å². The minimum atomic E-state index is -4.76. The van der Waals surface area contributed by atoms with Crippen LogP contribution >= 0.6 is 46.4 Å². The molecule has 0 spiro atoms. The van der Waals surface area contributed by atoms with Gasteiger partial charge in [-0.05, 0) is 24.3 Å². The predicted molar refractivity (Wildman–Crippen MR) is 129 cm³/mol. The number of hydrogen-bond acceptors (Lipinski definition) is 1. The van der Waals surface area contributed by atoms with Gasteiger partial charge in [0, 0.05) is 31.2 Å². The molecule has 0 saturated heterocycles. The second-order valence-corrected chi connectivity index (χ2v) is 11.2. The first-order chi connectivity index (χ1) is 16.7. The third-order valence-electron chi connectivity index (χ3n) is 6.34. The maximum Gasteiger partial charge on any atom is 0.315 e. The highest BCUT2D eigenvalue weighted by atomic mass is 35.5. The molecule has 2 atom stereocenters. The molecule has 0 aliphatic carbocycles. The van der Waals surface area contributed by atoms with Crippen LogP contribution in [0.1, 0.15) is 51.0 Å². The van der Waals surface area contributed by atoms with Crippen LogP contribution in [0.2, 0.25) is 20.1 Å². The molecule has 0 aliphatic rings. The van der Waals surface area contributed by atoms with E-state index in [1.165, 1.54) is 12.1 Å². The molecule has 1 nitrogen and oxygen atoms in total. The third kappa shape index (κ3) is 6.11. The minimum absolute atomic E-state index is 0.0489. The molecule has 0 radical (unpaired) electrons. The Kier molecular flexibility index (Phi) is 9.78. The lowest BCUT2D eigenvalue weighted by Gasteiger charge is -2.46. The van der Waals surface area contributed by atoms with Gasteiger partial charge < -0.3 is 4.74 Å². The molecule has 0 heterocycles. The fourth-order valence-electron chi connectivity index (χ4n) is 3.74. The first kappa shape index (κ1) is 32.2. The van der Waals surface area contributed by atoms with Crippen molar-refractivity contribution in [3.63, 3.8) is 0 Å². The van der Waals surface area contributed by atoms with Crippen molar-refractivity contribution in [1.82, 2.24) is 0 Å². The van der Waals surface area contributed by atoms with Gasteiger partial charge >= 0.3 is 24.7 Å². The molecule has 0 saturated carbocycles. The first-order valence-corrected chi connectivity index (χ1v) is 12.1. The van der Waals surface area contributed by atoms with Crippen molar-refractivity contribution in [2.75, 3.05) is 0 Å². The monoisotopic (exact) mass is 618 g/mol. The maximum absolute atomic E-state index is 14.9. The number of alkyl halides is 8. The molecule has 0 aromatic heterocycles. The van der Waals surface area contributed by atoms with Crippen molar-refractivity contribution in [2.24, 2.45) is 10.8 Å². The van der Waals surface area contributed by atoms with Crippen LogP contribution in [0.3, 0.4) is 0 Å². The van der Waals surface area contributed by atoms with E-state index in [1.54, 1.807) is 0 Å². The van der Waals surface area contributed by atoms with Gasteiger partial charge in [0.05, 0.1) is 23.0 Å². The highest BCUT2D eigenvalue weighted by Crippen LogP contribution is 2.58. The topological polar surface area (TPSA) is 9.23 Å². The molecule has 0 fully saturated rings. The summed E-state index contributed by atoms with van der Waals surface area (Å²) < 4.78 is 120. The lowest BCUT2D eigenvalue weighted by molar-refractivity contribution is -0.276. The normalized spacial score (nSPS) is 15.4. The summed E-state index contributed by atoms with van der Waals surface area (Å²) in [5, 5.41) is -0.523. The van der Waals surface area contributed by atoms with Crippen molar-refractivity contribution in [3.8, 4) is 0 Å². The molecule has 2 unspecified atom stereocenters. The Morgan fingerprint density at radius 1 is 0.595 bits per heavy atom. The van der Waals surface area contributed by atoms with Gasteiger partial charge in [-0.1, -0.05) is 86.2 Å². The van der Waals surface area contributed by atoms with Gasteiger partial charge in [-0.3, -0.25) is 0 Å². The average molecular weight is 620 g/mol. The standard InChI is InChI=1S/C24H22Cl4F8O/c1-21(2,23(33,34)19(29)30)17(13-7-5-11(25)9-15(13)27)37-18(14-8-6-12(26)10-16(14)28)22(3,4)24(35,36)20(31)32/h5-10,17-20H,1-4H3. The van der Waals surface area contributed by atoms with Gasteiger partial charge in [0.15, 0.2) is 0 Å². The van der Waals surface area contributed by atoms with Crippen molar-refractivity contribution in [3.05, 3.63) is 67.6 Å². The molecule has 2 aromatic rings. The van der Waals surface area contributed by atoms with Crippen molar-refractivity contribution in [1.29, 1.82) is 0 Å². The zero-order valence-corrected chi connectivity index (χ0v) is 22.7. The van der Waals surface area contributed by atoms with Gasteiger partial charge in [-0.25, -0.2) is 17.6 Å². The van der Waals surface area contributed by atoms with Gasteiger partial charge in [0.1, 0.15) is 0 Å². The second-order valence-electron chi connectivity index (χ2n) is 9.52. The molecule has 0 amide bonds. The first-order valence-electron chi connectivity index (χ1n) is 10.6. The van der Waals surface area contributed by atoms with E-state index in [0.717, 1.165) is 24.3 Å². The molecule has 0 N–H and O–H groups in total. The predicted octanol–water partition coefficient (Wildman–Crippen LogP) is 11.0. The van der Waals surface area contributed by atoms with Crippen molar-refractivity contribution < 1.29 is 39.9 Å². The van der Waals surface area contributed by atoms with Crippen LogP contribution in [0, 0.1) is 10.8 Å². The number of halogens is 12. The van der Waals surface area contributed by atoms with Crippen LogP contribution in [0.5, 0.6) is 0 Å². The van der Waals surface area contributed by atoms with E-state index in [2.05, 4.69) is 0 Å². The lowest BCUT2D eigenvalue weighted by Crippen LogP contribution is -2.51. The fraction of sp³-hybridized carbons (Fsp3) is 0.500. The molecule has 208 valence electrons. The van der Waals surface area contributed by atoms with Gasteiger partial charge in [-0.15, -0.1) is 0 Å². The Morgan fingerprint density at radius 2 is 0.892 bits per heavy atom. The van der Waals surface area contributed by atoms with Gasteiger partial charge in [0.2, 0.25) is 0 Å². The van der Waals surface area contributed by atoms with Crippen molar-refractivity contribution in [2.45, 2.75) is 64.6 Å². The van der Waals surface area contributed by atoms with Gasteiger partial charge in [-0.2, -0.15) is 17.6 Å². The van der Waals surface area contributed by atoms with Crippen LogP contribution in [0.4, 0.5) is 35.1 Å². The zero-order chi connectivity index (χ0) is 28.7. The Morgan fingerprint density at radius 3 is 1.14 bits per heavy atom. The van der Waals surface area contributed by atoms with Crippen LogP contribution < -0.4 is 0 Å². The summed E-state index contributed by atoms with van der Waals surface area (Å²) >= 11 is 24.1. The third-order valence-corrected chi connectivity index (χ3v) is 7.46. The Bertz CT molecular complexity index is 1020. The fourth-order valence-corrected chi connectivity index (χ4v) is 4.76. The van der Waals surface area contributed by atoms with E-state index in [9.17, 15) is 35.1 Å². The molecular weight excluding hydrogens is 598 g/mol. The summed E-state index contributed by atoms with van der Waals surface area (Å²) in [5.74, 6) is -9.52. The molecule has 13 heteroatoms. The minimum Gasteiger partial charge on any atom is -0.364 e. The van der Waals surface area contributed by atoms with E-state index in [-0.39, 0.29) is 31.2 Å². The highest BCUT2D eigenvalue weighted by Gasteiger charge is 2.63. The van der Waals surface area contributed by atoms with Crippen LogP contribution in [0.25, 0.3) is 0 Å². The van der Waals surface area contributed by atoms with Crippen molar-refractivity contribution >= 4 is 46.4 Å². The average Bonchev–Trinajstić information content (AvgIpc) is 2.75. The second kappa shape index (κ2) is 11.2. The number of benzene rings is 2. The van der Waals surface area contributed by atoms with E-state index in [4.69, 9.17) is 51.1 Å². The Hall–Kier alpha value is -1.00.